The molecule has 0 radical (unpaired) electrons. The third-order valence-corrected chi connectivity index (χ3v) is 5.85. The van der Waals surface area contributed by atoms with Crippen molar-refractivity contribution in [3.63, 3.8) is 0 Å². The van der Waals surface area contributed by atoms with Crippen molar-refractivity contribution in [1.29, 1.82) is 0 Å². The van der Waals surface area contributed by atoms with Gasteiger partial charge in [0.1, 0.15) is 23.7 Å². The van der Waals surface area contributed by atoms with E-state index in [2.05, 4.69) is 0 Å². The molecular weight excluding hydrogens is 312 g/mol. The maximum absolute atomic E-state index is 12.7. The van der Waals surface area contributed by atoms with Crippen molar-refractivity contribution >= 4 is 21.4 Å². The lowest BCUT2D eigenvalue weighted by Crippen LogP contribution is -2.37. The summed E-state index contributed by atoms with van der Waals surface area (Å²) < 4.78 is 30.8. The maximum Gasteiger partial charge on any atom is 0.187 e. The van der Waals surface area contributed by atoms with Gasteiger partial charge in [0.25, 0.3) is 0 Å². The van der Waals surface area contributed by atoms with Crippen LogP contribution in [0.15, 0.2) is 53.4 Å². The van der Waals surface area contributed by atoms with E-state index in [1.165, 1.54) is 12.1 Å². The molecule has 0 saturated carbocycles. The molecule has 1 N–H and O–H groups in total. The lowest BCUT2D eigenvalue weighted by atomic mass is 10.0. The molecule has 1 heterocycles. The van der Waals surface area contributed by atoms with Gasteiger partial charge in [-0.3, -0.25) is 0 Å². The molecule has 2 aromatic carbocycles. The van der Waals surface area contributed by atoms with Gasteiger partial charge in [0.15, 0.2) is 9.84 Å². The van der Waals surface area contributed by atoms with Gasteiger partial charge in [-0.1, -0.05) is 35.9 Å². The Morgan fingerprint density at radius 2 is 1.90 bits per heavy atom. The minimum absolute atomic E-state index is 0.0852. The molecule has 1 aliphatic rings. The molecule has 3 rings (SSSR count). The van der Waals surface area contributed by atoms with E-state index in [-0.39, 0.29) is 11.5 Å². The largest absolute Gasteiger partial charge is 0.492 e. The second-order valence-corrected chi connectivity index (χ2v) is 7.44. The summed E-state index contributed by atoms with van der Waals surface area (Å²) in [6.45, 7) is -0.0903. The summed E-state index contributed by atoms with van der Waals surface area (Å²) >= 11 is 5.85. The number of aliphatic hydroxyl groups is 1. The highest BCUT2D eigenvalue weighted by Gasteiger charge is 2.39. The monoisotopic (exact) mass is 324 g/mol. The van der Waals surface area contributed by atoms with Crippen molar-refractivity contribution in [3.05, 3.63) is 59.1 Å². The SMILES string of the molecule is O=S(=O)(c1cccc(Cl)c1)C1COc2ccccc2C1O. The fraction of sp³-hybridized carbons (Fsp3) is 0.200. The molecule has 2 unspecified atom stereocenters. The molecule has 0 amide bonds. The molecule has 0 aliphatic carbocycles. The van der Waals surface area contributed by atoms with E-state index in [9.17, 15) is 13.5 Å². The molecule has 0 saturated heterocycles. The first kappa shape index (κ1) is 14.4. The van der Waals surface area contributed by atoms with E-state index in [1.807, 2.05) is 0 Å². The van der Waals surface area contributed by atoms with Crippen LogP contribution in [0.4, 0.5) is 0 Å². The van der Waals surface area contributed by atoms with Crippen molar-refractivity contribution in [1.82, 2.24) is 0 Å². The van der Waals surface area contributed by atoms with Crippen LogP contribution in [0.25, 0.3) is 0 Å². The van der Waals surface area contributed by atoms with Crippen LogP contribution >= 0.6 is 11.6 Å². The number of fused-ring (bicyclic) bond motifs is 1. The van der Waals surface area contributed by atoms with Crippen LogP contribution in [0.3, 0.4) is 0 Å². The molecule has 4 nitrogen and oxygen atoms in total. The normalized spacial score (nSPS) is 21.4. The Bertz CT molecular complexity index is 773. The fourth-order valence-corrected chi connectivity index (χ4v) is 4.29. The number of hydrogen-bond acceptors (Lipinski definition) is 4. The first-order valence-electron chi connectivity index (χ1n) is 6.39. The average molecular weight is 325 g/mol. The molecule has 6 heteroatoms. The highest BCUT2D eigenvalue weighted by atomic mass is 35.5. The number of sulfone groups is 1. The summed E-state index contributed by atoms with van der Waals surface area (Å²) in [5.74, 6) is 0.516. The van der Waals surface area contributed by atoms with Gasteiger partial charge in [-0.15, -0.1) is 0 Å². The zero-order chi connectivity index (χ0) is 15.0. The zero-order valence-electron chi connectivity index (χ0n) is 10.9. The molecule has 0 fully saturated rings. The maximum atomic E-state index is 12.7. The van der Waals surface area contributed by atoms with Gasteiger partial charge in [0.2, 0.25) is 0 Å². The molecule has 0 aromatic heterocycles. The number of aliphatic hydroxyl groups excluding tert-OH is 1. The van der Waals surface area contributed by atoms with Crippen molar-refractivity contribution in [2.24, 2.45) is 0 Å². The first-order chi connectivity index (χ1) is 10.00. The molecule has 2 aromatic rings. The Hall–Kier alpha value is -1.56. The van der Waals surface area contributed by atoms with E-state index in [1.54, 1.807) is 36.4 Å². The molecule has 2 atom stereocenters. The highest BCUT2D eigenvalue weighted by Crippen LogP contribution is 2.36. The Morgan fingerprint density at radius 3 is 2.67 bits per heavy atom. The Morgan fingerprint density at radius 1 is 1.14 bits per heavy atom. The lowest BCUT2D eigenvalue weighted by Gasteiger charge is -2.29. The van der Waals surface area contributed by atoms with Gasteiger partial charge < -0.3 is 9.84 Å². The quantitative estimate of drug-likeness (QED) is 0.922. The smallest absolute Gasteiger partial charge is 0.187 e. The first-order valence-corrected chi connectivity index (χ1v) is 8.32. The molecule has 1 aliphatic heterocycles. The van der Waals surface area contributed by atoms with Crippen molar-refractivity contribution in [3.8, 4) is 5.75 Å². The zero-order valence-corrected chi connectivity index (χ0v) is 12.5. The Labute approximate surface area is 127 Å². The van der Waals surface area contributed by atoms with Crippen LogP contribution in [0.5, 0.6) is 5.75 Å². The lowest BCUT2D eigenvalue weighted by molar-refractivity contribution is 0.119. The summed E-state index contributed by atoms with van der Waals surface area (Å²) in [4.78, 5) is 0.0852. The third-order valence-electron chi connectivity index (χ3n) is 3.52. The van der Waals surface area contributed by atoms with Gasteiger partial charge in [-0.2, -0.15) is 0 Å². The van der Waals surface area contributed by atoms with E-state index >= 15 is 0 Å². The predicted octanol–water partition coefficient (Wildman–Crippen LogP) is 2.61. The average Bonchev–Trinajstić information content (AvgIpc) is 2.47. The highest BCUT2D eigenvalue weighted by molar-refractivity contribution is 7.92. The van der Waals surface area contributed by atoms with E-state index in [0.29, 0.717) is 16.3 Å². The third kappa shape index (κ3) is 2.52. The summed E-state index contributed by atoms with van der Waals surface area (Å²) in [5.41, 5.74) is 0.486. The number of para-hydroxylation sites is 1. The van der Waals surface area contributed by atoms with Gasteiger partial charge in [0.05, 0.1) is 4.90 Å². The number of ether oxygens (including phenoxy) is 1. The Kier molecular flexibility index (Phi) is 3.65. The predicted molar refractivity (Wildman–Crippen MR) is 79.3 cm³/mol. The van der Waals surface area contributed by atoms with Gasteiger partial charge in [-0.25, -0.2) is 8.42 Å². The molecule has 21 heavy (non-hydrogen) atoms. The second kappa shape index (κ2) is 5.33. The van der Waals surface area contributed by atoms with Crippen molar-refractivity contribution in [2.75, 3.05) is 6.61 Å². The van der Waals surface area contributed by atoms with E-state index < -0.39 is 21.2 Å². The number of benzene rings is 2. The minimum atomic E-state index is -3.74. The topological polar surface area (TPSA) is 63.6 Å². The minimum Gasteiger partial charge on any atom is -0.492 e. The molecule has 0 spiro atoms. The van der Waals surface area contributed by atoms with Crippen LogP contribution in [0.1, 0.15) is 11.7 Å². The van der Waals surface area contributed by atoms with Crippen LogP contribution in [0, 0.1) is 0 Å². The fourth-order valence-electron chi connectivity index (χ4n) is 2.40. The van der Waals surface area contributed by atoms with Crippen LogP contribution in [-0.2, 0) is 9.84 Å². The summed E-state index contributed by atoms with van der Waals surface area (Å²) in [7, 11) is -3.74. The van der Waals surface area contributed by atoms with Gasteiger partial charge in [0, 0.05) is 10.6 Å². The molecular formula is C15H13ClO4S. The van der Waals surface area contributed by atoms with Crippen LogP contribution < -0.4 is 4.74 Å². The molecule has 0 bridgehead atoms. The Balaban J connectivity index is 2.02. The van der Waals surface area contributed by atoms with Gasteiger partial charge in [-0.05, 0) is 24.3 Å². The van der Waals surface area contributed by atoms with E-state index in [4.69, 9.17) is 16.3 Å². The summed E-state index contributed by atoms with van der Waals surface area (Å²) in [5, 5.41) is 9.68. The number of halogens is 1. The van der Waals surface area contributed by atoms with Crippen molar-refractivity contribution < 1.29 is 18.3 Å². The summed E-state index contributed by atoms with van der Waals surface area (Å²) in [6, 6.07) is 12.9. The number of hydrogen-bond donors (Lipinski definition) is 1. The molecule has 110 valence electrons. The van der Waals surface area contributed by atoms with Crippen molar-refractivity contribution in [2.45, 2.75) is 16.2 Å². The second-order valence-electron chi connectivity index (χ2n) is 4.83. The standard InChI is InChI=1S/C15H13ClO4S/c16-10-4-3-5-11(8-10)21(18,19)14-9-20-13-7-2-1-6-12(13)15(14)17/h1-8,14-15,17H,9H2. The van der Waals surface area contributed by atoms with E-state index in [0.717, 1.165) is 0 Å². The summed E-state index contributed by atoms with van der Waals surface area (Å²) in [6.07, 6.45) is -1.13. The van der Waals surface area contributed by atoms with Crippen LogP contribution in [-0.4, -0.2) is 25.4 Å². The van der Waals surface area contributed by atoms with Crippen LogP contribution in [0.2, 0.25) is 5.02 Å². The number of rotatable bonds is 2. The van der Waals surface area contributed by atoms with Gasteiger partial charge >= 0.3 is 0 Å².